The Morgan fingerprint density at radius 2 is 1.70 bits per heavy atom. The Morgan fingerprint density at radius 1 is 0.933 bits per heavy atom. The molecule has 30 heavy (non-hydrogen) atoms. The van der Waals surface area contributed by atoms with Gasteiger partial charge in [0.1, 0.15) is 17.3 Å². The quantitative estimate of drug-likeness (QED) is 0.498. The van der Waals surface area contributed by atoms with Gasteiger partial charge in [0.05, 0.1) is 0 Å². The van der Waals surface area contributed by atoms with Gasteiger partial charge in [0.15, 0.2) is 11.6 Å². The summed E-state index contributed by atoms with van der Waals surface area (Å²) < 4.78 is 5.09. The van der Waals surface area contributed by atoms with Crippen LogP contribution in [0.5, 0.6) is 0 Å². The normalized spacial score (nSPS) is 10.6. The number of benzene rings is 2. The molecule has 0 saturated heterocycles. The number of carbonyl (C=O) groups is 1. The van der Waals surface area contributed by atoms with E-state index in [9.17, 15) is 4.79 Å². The number of aryl methyl sites for hydroxylation is 2. The second kappa shape index (κ2) is 8.57. The Morgan fingerprint density at radius 3 is 2.40 bits per heavy atom. The highest BCUT2D eigenvalue weighted by Crippen LogP contribution is 2.21. The molecule has 4 aromatic rings. The second-order valence-corrected chi connectivity index (χ2v) is 6.94. The fourth-order valence-electron chi connectivity index (χ4n) is 2.88. The van der Waals surface area contributed by atoms with E-state index in [-0.39, 0.29) is 11.6 Å². The first-order chi connectivity index (χ1) is 14.6. The van der Waals surface area contributed by atoms with E-state index in [0.717, 1.165) is 11.1 Å². The van der Waals surface area contributed by atoms with Gasteiger partial charge in [-0.15, -0.1) is 0 Å². The fourth-order valence-corrected chi connectivity index (χ4v) is 2.88. The maximum atomic E-state index is 12.8. The highest BCUT2D eigenvalue weighted by atomic mass is 16.5. The Labute approximate surface area is 174 Å². The number of anilines is 2. The van der Waals surface area contributed by atoms with Crippen molar-refractivity contribution in [3.05, 3.63) is 89.3 Å². The average molecular weight is 399 g/mol. The molecule has 0 saturated carbocycles. The third kappa shape index (κ3) is 4.70. The van der Waals surface area contributed by atoms with E-state index in [1.165, 1.54) is 5.56 Å². The molecular weight excluding hydrogens is 378 g/mol. The summed E-state index contributed by atoms with van der Waals surface area (Å²) >= 11 is 0. The minimum Gasteiger partial charge on any atom is -0.360 e. The Balaban J connectivity index is 1.60. The second-order valence-electron chi connectivity index (χ2n) is 6.94. The van der Waals surface area contributed by atoms with Crippen molar-refractivity contribution in [2.45, 2.75) is 20.4 Å². The fraction of sp³-hybridized carbons (Fsp3) is 0.130. The predicted molar refractivity (Wildman–Crippen MR) is 114 cm³/mol. The highest BCUT2D eigenvalue weighted by molar-refractivity contribution is 5.93. The zero-order valence-corrected chi connectivity index (χ0v) is 16.7. The van der Waals surface area contributed by atoms with Crippen LogP contribution in [0.4, 0.5) is 11.6 Å². The Kier molecular flexibility index (Phi) is 5.52. The molecule has 0 aliphatic carbocycles. The minimum atomic E-state index is -0.283. The first kappa shape index (κ1) is 19.3. The lowest BCUT2D eigenvalue weighted by Crippen LogP contribution is -2.24. The summed E-state index contributed by atoms with van der Waals surface area (Å²) in [4.78, 5) is 21.8. The standard InChI is InChI=1S/C23H21N5O2/c1-15-8-10-17(11-9-15)14-24-23(29)19-13-20(26-21-12-16(2)30-28-21)27-22(25-19)18-6-4-3-5-7-18/h3-13H,14H2,1-2H3,(H,24,29)(H,25,26,27,28). The van der Waals surface area contributed by atoms with Crippen molar-refractivity contribution >= 4 is 17.5 Å². The third-order valence-electron chi connectivity index (χ3n) is 4.45. The molecule has 0 bridgehead atoms. The number of hydrogen-bond donors (Lipinski definition) is 2. The number of aromatic nitrogens is 3. The van der Waals surface area contributed by atoms with Crippen molar-refractivity contribution in [1.82, 2.24) is 20.4 Å². The van der Waals surface area contributed by atoms with Crippen LogP contribution in [0.2, 0.25) is 0 Å². The largest absolute Gasteiger partial charge is 0.360 e. The summed E-state index contributed by atoms with van der Waals surface area (Å²) in [7, 11) is 0. The highest BCUT2D eigenvalue weighted by Gasteiger charge is 2.14. The van der Waals surface area contributed by atoms with Crippen molar-refractivity contribution < 1.29 is 9.32 Å². The lowest BCUT2D eigenvalue weighted by Gasteiger charge is -2.10. The van der Waals surface area contributed by atoms with Gasteiger partial charge >= 0.3 is 0 Å². The minimum absolute atomic E-state index is 0.263. The molecule has 0 aliphatic heterocycles. The maximum Gasteiger partial charge on any atom is 0.270 e. The van der Waals surface area contributed by atoms with Gasteiger partial charge in [-0.05, 0) is 19.4 Å². The molecule has 7 nitrogen and oxygen atoms in total. The molecule has 1 amide bonds. The lowest BCUT2D eigenvalue weighted by molar-refractivity contribution is 0.0946. The van der Waals surface area contributed by atoms with E-state index in [4.69, 9.17) is 4.52 Å². The van der Waals surface area contributed by atoms with Crippen molar-refractivity contribution in [3.63, 3.8) is 0 Å². The number of nitrogens with zero attached hydrogens (tertiary/aromatic N) is 3. The van der Waals surface area contributed by atoms with Crippen molar-refractivity contribution in [3.8, 4) is 11.4 Å². The van der Waals surface area contributed by atoms with E-state index < -0.39 is 0 Å². The number of carbonyl (C=O) groups excluding carboxylic acids is 1. The molecule has 0 radical (unpaired) electrons. The molecule has 2 heterocycles. The first-order valence-electron chi connectivity index (χ1n) is 9.55. The number of nitrogens with one attached hydrogen (secondary N) is 2. The van der Waals surface area contributed by atoms with Crippen LogP contribution in [0.25, 0.3) is 11.4 Å². The molecule has 2 N–H and O–H groups in total. The van der Waals surface area contributed by atoms with Gasteiger partial charge in [-0.3, -0.25) is 4.79 Å². The zero-order chi connectivity index (χ0) is 20.9. The van der Waals surface area contributed by atoms with Crippen LogP contribution in [0.1, 0.15) is 27.4 Å². The van der Waals surface area contributed by atoms with Crippen molar-refractivity contribution in [2.24, 2.45) is 0 Å². The van der Waals surface area contributed by atoms with Crippen LogP contribution in [-0.2, 0) is 6.54 Å². The third-order valence-corrected chi connectivity index (χ3v) is 4.45. The molecule has 2 aromatic carbocycles. The van der Waals surface area contributed by atoms with E-state index >= 15 is 0 Å². The molecule has 150 valence electrons. The molecule has 2 aromatic heterocycles. The number of amides is 1. The summed E-state index contributed by atoms with van der Waals surface area (Å²) in [6.45, 7) is 4.24. The van der Waals surface area contributed by atoms with Gasteiger partial charge in [0.2, 0.25) is 0 Å². The maximum absolute atomic E-state index is 12.8. The molecule has 0 atom stereocenters. The van der Waals surface area contributed by atoms with E-state index in [1.807, 2.05) is 61.5 Å². The smallest absolute Gasteiger partial charge is 0.270 e. The average Bonchev–Trinajstić information content (AvgIpc) is 3.18. The molecule has 0 unspecified atom stereocenters. The first-order valence-corrected chi connectivity index (χ1v) is 9.55. The Hall–Kier alpha value is -4.00. The van der Waals surface area contributed by atoms with E-state index in [1.54, 1.807) is 19.1 Å². The van der Waals surface area contributed by atoms with Crippen LogP contribution < -0.4 is 10.6 Å². The monoisotopic (exact) mass is 399 g/mol. The summed E-state index contributed by atoms with van der Waals surface area (Å²) in [5.41, 5.74) is 3.26. The molecule has 7 heteroatoms. The van der Waals surface area contributed by atoms with E-state index in [0.29, 0.717) is 29.8 Å². The summed E-state index contributed by atoms with van der Waals surface area (Å²) in [6, 6.07) is 20.9. The SMILES string of the molecule is Cc1ccc(CNC(=O)c2cc(Nc3cc(C)on3)nc(-c3ccccc3)n2)cc1. The topological polar surface area (TPSA) is 92.9 Å². The van der Waals surface area contributed by atoms with Gasteiger partial charge < -0.3 is 15.2 Å². The van der Waals surface area contributed by atoms with Crippen LogP contribution >= 0.6 is 0 Å². The van der Waals surface area contributed by atoms with Crippen molar-refractivity contribution in [1.29, 1.82) is 0 Å². The van der Waals surface area contributed by atoms with Crippen LogP contribution in [0.15, 0.2) is 71.3 Å². The molecule has 0 fully saturated rings. The van der Waals surface area contributed by atoms with Crippen LogP contribution in [-0.4, -0.2) is 21.0 Å². The molecular formula is C23H21N5O2. The Bertz CT molecular complexity index is 1150. The van der Waals surface area contributed by atoms with Crippen molar-refractivity contribution in [2.75, 3.05) is 5.32 Å². The van der Waals surface area contributed by atoms with Gasteiger partial charge in [-0.2, -0.15) is 0 Å². The molecule has 0 spiro atoms. The summed E-state index contributed by atoms with van der Waals surface area (Å²) in [5, 5.41) is 9.92. The van der Waals surface area contributed by atoms with Gasteiger partial charge in [-0.1, -0.05) is 65.3 Å². The van der Waals surface area contributed by atoms with Crippen LogP contribution in [0.3, 0.4) is 0 Å². The van der Waals surface area contributed by atoms with E-state index in [2.05, 4.69) is 25.8 Å². The number of hydrogen-bond acceptors (Lipinski definition) is 6. The van der Waals surface area contributed by atoms with Gasteiger partial charge in [-0.25, -0.2) is 9.97 Å². The summed E-state index contributed by atoms with van der Waals surface area (Å²) in [6.07, 6.45) is 0. The zero-order valence-electron chi connectivity index (χ0n) is 16.7. The lowest BCUT2D eigenvalue weighted by atomic mass is 10.1. The van der Waals surface area contributed by atoms with Gasteiger partial charge in [0, 0.05) is 24.2 Å². The summed E-state index contributed by atoms with van der Waals surface area (Å²) in [5.74, 6) is 1.80. The molecule has 4 rings (SSSR count). The van der Waals surface area contributed by atoms with Gasteiger partial charge in [0.25, 0.3) is 5.91 Å². The number of rotatable bonds is 6. The van der Waals surface area contributed by atoms with Crippen LogP contribution in [0, 0.1) is 13.8 Å². The predicted octanol–water partition coefficient (Wildman–Crippen LogP) is 4.42. The molecule has 0 aliphatic rings.